The molecule has 100 valence electrons. The monoisotopic (exact) mass is 246 g/mol. The van der Waals surface area contributed by atoms with Crippen LogP contribution in [-0.2, 0) is 0 Å². The first-order valence-corrected chi connectivity index (χ1v) is 7.05. The van der Waals surface area contributed by atoms with E-state index in [2.05, 4.69) is 6.92 Å². The topological polar surface area (TPSA) is 20.2 Å². The quantitative estimate of drug-likeness (QED) is 0.773. The van der Waals surface area contributed by atoms with Gasteiger partial charge < -0.3 is 5.11 Å². The number of rotatable bonds is 5. The van der Waals surface area contributed by atoms with E-state index in [1.165, 1.54) is 0 Å². The molecule has 0 aliphatic heterocycles. The lowest BCUT2D eigenvalue weighted by Gasteiger charge is -2.36. The summed E-state index contributed by atoms with van der Waals surface area (Å²) in [5.74, 6) is -2.08. The van der Waals surface area contributed by atoms with Crippen molar-refractivity contribution < 1.29 is 13.9 Å². The van der Waals surface area contributed by atoms with Crippen LogP contribution in [0.4, 0.5) is 8.78 Å². The van der Waals surface area contributed by atoms with E-state index in [1.807, 2.05) is 0 Å². The normalized spacial score (nSPS) is 32.1. The summed E-state index contributed by atoms with van der Waals surface area (Å²) >= 11 is 0. The van der Waals surface area contributed by atoms with Crippen LogP contribution < -0.4 is 0 Å². The summed E-state index contributed by atoms with van der Waals surface area (Å²) in [4.78, 5) is 0. The Morgan fingerprint density at radius 3 is 2.53 bits per heavy atom. The van der Waals surface area contributed by atoms with E-state index < -0.39 is 11.5 Å². The van der Waals surface area contributed by atoms with Gasteiger partial charge >= 0.3 is 0 Å². The van der Waals surface area contributed by atoms with Crippen LogP contribution in [0.3, 0.4) is 0 Å². The van der Waals surface area contributed by atoms with E-state index in [0.717, 1.165) is 32.1 Å². The van der Waals surface area contributed by atoms with Gasteiger partial charge in [-0.3, -0.25) is 0 Å². The van der Waals surface area contributed by atoms with Gasteiger partial charge in [-0.2, -0.15) is 0 Å². The molecule has 0 radical (unpaired) electrons. The molecule has 2 rings (SSSR count). The molecule has 0 aromatic rings. The fourth-order valence-corrected chi connectivity index (χ4v) is 3.48. The molecule has 0 saturated heterocycles. The number of alkyl halides is 2. The third kappa shape index (κ3) is 3.40. The molecule has 2 unspecified atom stereocenters. The minimum Gasteiger partial charge on any atom is -0.390 e. The molecule has 2 aliphatic rings. The molecular formula is C14H24F2O. The third-order valence-electron chi connectivity index (χ3n) is 4.40. The van der Waals surface area contributed by atoms with E-state index in [-0.39, 0.29) is 18.8 Å². The van der Waals surface area contributed by atoms with Gasteiger partial charge in [-0.25, -0.2) is 8.78 Å². The molecule has 2 saturated carbocycles. The van der Waals surface area contributed by atoms with E-state index >= 15 is 0 Å². The zero-order valence-electron chi connectivity index (χ0n) is 10.7. The van der Waals surface area contributed by atoms with Crippen molar-refractivity contribution in [3.05, 3.63) is 0 Å². The Hall–Kier alpha value is -0.180. The average molecular weight is 246 g/mol. The lowest BCUT2D eigenvalue weighted by Crippen LogP contribution is -2.37. The maximum absolute atomic E-state index is 13.4. The van der Waals surface area contributed by atoms with Crippen LogP contribution in [0, 0.1) is 11.8 Å². The Morgan fingerprint density at radius 2 is 2.00 bits per heavy atom. The standard InChI is InChI=1S/C14H24F2O/c1-2-7-13(17,12-5-6-12)9-11-4-3-8-14(15,16)10-11/h11-12,17H,2-10H2,1H3. The predicted molar refractivity (Wildman–Crippen MR) is 64.1 cm³/mol. The smallest absolute Gasteiger partial charge is 0.248 e. The average Bonchev–Trinajstić information content (AvgIpc) is 2.98. The van der Waals surface area contributed by atoms with Crippen LogP contribution in [-0.4, -0.2) is 16.6 Å². The summed E-state index contributed by atoms with van der Waals surface area (Å²) in [6.07, 6.45) is 6.00. The highest BCUT2D eigenvalue weighted by Crippen LogP contribution is 2.48. The van der Waals surface area contributed by atoms with Gasteiger partial charge in [-0.15, -0.1) is 0 Å². The summed E-state index contributed by atoms with van der Waals surface area (Å²) in [6, 6.07) is 0. The van der Waals surface area contributed by atoms with E-state index in [1.54, 1.807) is 0 Å². The minimum atomic E-state index is -2.49. The summed E-state index contributed by atoms with van der Waals surface area (Å²) in [7, 11) is 0. The Morgan fingerprint density at radius 1 is 1.29 bits per heavy atom. The second kappa shape index (κ2) is 4.83. The molecule has 2 atom stereocenters. The van der Waals surface area contributed by atoms with E-state index in [0.29, 0.717) is 18.8 Å². The number of aliphatic hydroxyl groups is 1. The molecule has 2 aliphatic carbocycles. The molecule has 0 aromatic carbocycles. The maximum Gasteiger partial charge on any atom is 0.248 e. The molecule has 1 N–H and O–H groups in total. The van der Waals surface area contributed by atoms with Gasteiger partial charge in [0.05, 0.1) is 5.60 Å². The van der Waals surface area contributed by atoms with Crippen LogP contribution in [0.1, 0.15) is 64.7 Å². The number of hydrogen-bond donors (Lipinski definition) is 1. The predicted octanol–water partition coefficient (Wildman–Crippen LogP) is 4.14. The molecule has 1 nitrogen and oxygen atoms in total. The van der Waals surface area contributed by atoms with E-state index in [4.69, 9.17) is 0 Å². The number of halogens is 2. The van der Waals surface area contributed by atoms with Crippen molar-refractivity contribution in [2.75, 3.05) is 0 Å². The molecule has 0 heterocycles. The van der Waals surface area contributed by atoms with Crippen molar-refractivity contribution in [2.24, 2.45) is 11.8 Å². The van der Waals surface area contributed by atoms with Crippen LogP contribution in [0.2, 0.25) is 0 Å². The Kier molecular flexibility index (Phi) is 3.77. The van der Waals surface area contributed by atoms with Crippen molar-refractivity contribution in [1.82, 2.24) is 0 Å². The van der Waals surface area contributed by atoms with Gasteiger partial charge in [0.15, 0.2) is 0 Å². The molecule has 0 amide bonds. The second-order valence-electron chi connectivity index (χ2n) is 6.15. The van der Waals surface area contributed by atoms with Crippen molar-refractivity contribution in [3.63, 3.8) is 0 Å². The summed E-state index contributed by atoms with van der Waals surface area (Å²) in [5.41, 5.74) is -0.646. The van der Waals surface area contributed by atoms with Gasteiger partial charge in [0.2, 0.25) is 5.92 Å². The van der Waals surface area contributed by atoms with Gasteiger partial charge in [-0.05, 0) is 50.4 Å². The Labute approximate surface area is 103 Å². The second-order valence-corrected chi connectivity index (χ2v) is 6.15. The van der Waals surface area contributed by atoms with Crippen LogP contribution in [0.15, 0.2) is 0 Å². The van der Waals surface area contributed by atoms with Crippen molar-refractivity contribution in [3.8, 4) is 0 Å². The zero-order valence-corrected chi connectivity index (χ0v) is 10.7. The fraction of sp³-hybridized carbons (Fsp3) is 1.00. The molecule has 0 bridgehead atoms. The molecule has 17 heavy (non-hydrogen) atoms. The molecule has 2 fully saturated rings. The van der Waals surface area contributed by atoms with Crippen molar-refractivity contribution >= 4 is 0 Å². The Bertz CT molecular complexity index is 263. The van der Waals surface area contributed by atoms with Gasteiger partial charge in [0, 0.05) is 12.8 Å². The summed E-state index contributed by atoms with van der Waals surface area (Å²) < 4.78 is 26.7. The lowest BCUT2D eigenvalue weighted by atomic mass is 9.76. The zero-order chi connectivity index (χ0) is 12.5. The third-order valence-corrected chi connectivity index (χ3v) is 4.40. The van der Waals surface area contributed by atoms with E-state index in [9.17, 15) is 13.9 Å². The highest BCUT2D eigenvalue weighted by Gasteiger charge is 2.46. The van der Waals surface area contributed by atoms with Crippen LogP contribution in [0.5, 0.6) is 0 Å². The first-order valence-electron chi connectivity index (χ1n) is 7.05. The van der Waals surface area contributed by atoms with Crippen LogP contribution in [0.25, 0.3) is 0 Å². The summed E-state index contributed by atoms with van der Waals surface area (Å²) in [6.45, 7) is 2.06. The fourth-order valence-electron chi connectivity index (χ4n) is 3.48. The van der Waals surface area contributed by atoms with Crippen LogP contribution >= 0.6 is 0 Å². The Balaban J connectivity index is 1.93. The highest BCUT2D eigenvalue weighted by atomic mass is 19.3. The first kappa shape index (κ1) is 13.3. The van der Waals surface area contributed by atoms with Gasteiger partial charge in [-0.1, -0.05) is 13.3 Å². The van der Waals surface area contributed by atoms with Gasteiger partial charge in [0.1, 0.15) is 0 Å². The maximum atomic E-state index is 13.4. The summed E-state index contributed by atoms with van der Waals surface area (Å²) in [5, 5.41) is 10.6. The lowest BCUT2D eigenvalue weighted by molar-refractivity contribution is -0.0777. The minimum absolute atomic E-state index is 0.00819. The SMILES string of the molecule is CCCC(O)(CC1CCCC(F)(F)C1)C1CC1. The molecule has 0 aromatic heterocycles. The van der Waals surface area contributed by atoms with Crippen molar-refractivity contribution in [2.45, 2.75) is 76.2 Å². The first-order chi connectivity index (χ1) is 7.95. The van der Waals surface area contributed by atoms with Crippen molar-refractivity contribution in [1.29, 1.82) is 0 Å². The largest absolute Gasteiger partial charge is 0.390 e. The molecule has 3 heteroatoms. The van der Waals surface area contributed by atoms with Gasteiger partial charge in [0.25, 0.3) is 0 Å². The number of hydrogen-bond acceptors (Lipinski definition) is 1. The molecule has 0 spiro atoms. The molecular weight excluding hydrogens is 222 g/mol. The highest BCUT2D eigenvalue weighted by molar-refractivity contribution is 4.96.